The van der Waals surface area contributed by atoms with Gasteiger partial charge < -0.3 is 72.5 Å². The van der Waals surface area contributed by atoms with Crippen LogP contribution in [0, 0.1) is 23.6 Å². The number of nitrogens with zero attached hydrogens (tertiary/aromatic N) is 20. The highest BCUT2D eigenvalue weighted by Crippen LogP contribution is 2.43. The molecule has 7 aliphatic heterocycles. The van der Waals surface area contributed by atoms with Crippen LogP contribution < -0.4 is 19.6 Å². The van der Waals surface area contributed by atoms with Gasteiger partial charge in [0.1, 0.15) is 106 Å². The van der Waals surface area contributed by atoms with Crippen molar-refractivity contribution in [2.45, 2.75) is 166 Å². The molecule has 31 nitrogen and oxygen atoms in total. The topological polar surface area (TPSA) is 326 Å². The number of carbonyl (C=O) groups is 4. The highest BCUT2D eigenvalue weighted by molar-refractivity contribution is 5.91. The van der Waals surface area contributed by atoms with E-state index in [0.717, 1.165) is 145 Å². The minimum atomic E-state index is -4.63. The molecule has 4 N–H and O–H groups in total. The molecule has 9 atom stereocenters. The van der Waals surface area contributed by atoms with Crippen molar-refractivity contribution in [1.29, 1.82) is 0 Å². The number of anilines is 4. The maximum absolute atomic E-state index is 14.5. The third-order valence-corrected chi connectivity index (χ3v) is 28.4. The zero-order chi connectivity index (χ0) is 105. The Morgan fingerprint density at radius 2 is 0.796 bits per heavy atom. The van der Waals surface area contributed by atoms with Gasteiger partial charge in [-0.2, -0.15) is 52.7 Å². The normalized spacial score (nSPS) is 22.0. The number of carbonyl (C=O) groups excluding carboxylic acids is 4. The van der Waals surface area contributed by atoms with E-state index in [1.54, 1.807) is 59.8 Å². The summed E-state index contributed by atoms with van der Waals surface area (Å²) in [6, 6.07) is 25.0. The molecule has 788 valence electrons. The molecule has 8 aromatic heterocycles. The van der Waals surface area contributed by atoms with E-state index < -0.39 is 82.7 Å². The Bertz CT molecular complexity index is 6540. The third kappa shape index (κ3) is 26.1. The molecule has 0 radical (unpaired) electrons. The molecular formula is C103H119F13N20O11. The first-order chi connectivity index (χ1) is 70.1. The van der Waals surface area contributed by atoms with Gasteiger partial charge >= 0.3 is 24.7 Å². The Hall–Kier alpha value is -12.1. The zero-order valence-electron chi connectivity index (χ0n) is 81.9. The maximum atomic E-state index is 14.5. The fourth-order valence-corrected chi connectivity index (χ4v) is 20.8. The van der Waals surface area contributed by atoms with E-state index in [1.807, 2.05) is 67.5 Å². The molecule has 147 heavy (non-hydrogen) atoms. The van der Waals surface area contributed by atoms with Gasteiger partial charge in [-0.25, -0.2) is 44.3 Å². The van der Waals surface area contributed by atoms with Crippen LogP contribution in [0.15, 0.2) is 165 Å². The lowest BCUT2D eigenvalue weighted by Gasteiger charge is -2.42. The molecule has 0 amide bonds. The first-order valence-corrected chi connectivity index (χ1v) is 49.1. The highest BCUT2D eigenvalue weighted by Gasteiger charge is 2.44. The molecule has 44 heteroatoms. The summed E-state index contributed by atoms with van der Waals surface area (Å²) >= 11 is 0. The van der Waals surface area contributed by atoms with Gasteiger partial charge in [0.25, 0.3) is 0 Å². The monoisotopic (exact) mass is 2060 g/mol. The highest BCUT2D eigenvalue weighted by atomic mass is 19.4. The van der Waals surface area contributed by atoms with Crippen LogP contribution in [0.2, 0.25) is 0 Å². The van der Waals surface area contributed by atoms with Crippen LogP contribution in [-0.4, -0.2) is 290 Å². The number of aliphatic hydroxyl groups excluding tert-OH is 3. The van der Waals surface area contributed by atoms with Gasteiger partial charge in [0.05, 0.1) is 153 Å². The summed E-state index contributed by atoms with van der Waals surface area (Å²) in [5, 5.41) is 46.5. The quantitative estimate of drug-likeness (QED) is 0.0366. The molecule has 4 aromatic carbocycles. The number of Topliss-reactive ketones (excluding diaryl/α,β-unsaturated/α-hetero) is 4. The zero-order valence-corrected chi connectivity index (χ0v) is 81.9. The number of aromatic nitrogens is 12. The number of ketones is 4. The second kappa shape index (κ2) is 46.3. The summed E-state index contributed by atoms with van der Waals surface area (Å²) in [5.41, 5.74) is 0.345. The van der Waals surface area contributed by atoms with E-state index in [2.05, 4.69) is 59.1 Å². The molecule has 7 aliphatic rings. The summed E-state index contributed by atoms with van der Waals surface area (Å²) in [4.78, 5) is 97.5. The summed E-state index contributed by atoms with van der Waals surface area (Å²) in [5.74, 6) is 2.52. The molecule has 7 fully saturated rings. The van der Waals surface area contributed by atoms with Crippen LogP contribution >= 0.6 is 0 Å². The smallest absolute Gasteiger partial charge is 0.391 e. The van der Waals surface area contributed by atoms with Crippen molar-refractivity contribution in [2.75, 3.05) is 164 Å². The number of rotatable bonds is 26. The molecule has 0 aliphatic carbocycles. The Morgan fingerprint density at radius 1 is 0.415 bits per heavy atom. The fourth-order valence-electron chi connectivity index (χ4n) is 20.8. The number of aliphatic hydroxyl groups is 4. The van der Waals surface area contributed by atoms with Crippen LogP contribution in [0.25, 0.3) is 44.1 Å². The van der Waals surface area contributed by atoms with E-state index in [0.29, 0.717) is 163 Å². The van der Waals surface area contributed by atoms with Crippen molar-refractivity contribution in [1.82, 2.24) is 77.7 Å². The molecular weight excluding hydrogens is 1940 g/mol. The second-order valence-electron chi connectivity index (χ2n) is 39.0. The van der Waals surface area contributed by atoms with Crippen molar-refractivity contribution in [3.63, 3.8) is 0 Å². The van der Waals surface area contributed by atoms with E-state index in [1.165, 1.54) is 62.3 Å². The molecule has 9 unspecified atom stereocenters. The largest absolute Gasteiger partial charge is 0.416 e. The van der Waals surface area contributed by atoms with Crippen molar-refractivity contribution < 1.29 is 111 Å². The van der Waals surface area contributed by atoms with Gasteiger partial charge in [-0.3, -0.25) is 38.8 Å². The molecule has 0 bridgehead atoms. The number of β-amino-alcohol motifs (C(OH)–C–C–N with tert-alkyl or cyclic N) is 3. The van der Waals surface area contributed by atoms with Crippen LogP contribution in [0.4, 0.5) is 80.3 Å². The third-order valence-electron chi connectivity index (χ3n) is 28.4. The molecule has 0 spiro atoms. The first kappa shape index (κ1) is 108. The molecule has 15 heterocycles. The lowest BCUT2D eigenvalue weighted by atomic mass is 9.88. The van der Waals surface area contributed by atoms with Crippen molar-refractivity contribution in [3.8, 4) is 0 Å². The van der Waals surface area contributed by atoms with E-state index in [9.17, 15) is 96.7 Å². The summed E-state index contributed by atoms with van der Waals surface area (Å²) in [6.07, 6.45) is -2.69. The lowest BCUT2D eigenvalue weighted by molar-refractivity contribution is -0.138. The minimum Gasteiger partial charge on any atom is -0.391 e. The predicted molar refractivity (Wildman–Crippen MR) is 520 cm³/mol. The van der Waals surface area contributed by atoms with Crippen LogP contribution in [0.5, 0.6) is 0 Å². The first-order valence-electron chi connectivity index (χ1n) is 49.1. The number of hydrogen-bond acceptors (Lipinski definition) is 27. The van der Waals surface area contributed by atoms with Crippen LogP contribution in [0.1, 0.15) is 129 Å². The van der Waals surface area contributed by atoms with Crippen molar-refractivity contribution in [2.24, 2.45) is 17.8 Å². The van der Waals surface area contributed by atoms with Gasteiger partial charge in [-0.15, -0.1) is 0 Å². The van der Waals surface area contributed by atoms with E-state index in [-0.39, 0.29) is 91.8 Å². The van der Waals surface area contributed by atoms with E-state index >= 15 is 0 Å². The van der Waals surface area contributed by atoms with Gasteiger partial charge in [0.15, 0.2) is 0 Å². The Labute approximate surface area is 838 Å². The lowest BCUT2D eigenvalue weighted by Crippen LogP contribution is -2.58. The molecule has 19 rings (SSSR count). The van der Waals surface area contributed by atoms with Gasteiger partial charge in [-0.05, 0) is 188 Å². The number of hydrogen-bond donors (Lipinski definition) is 4. The number of likely N-dealkylation sites (tertiary alicyclic amines) is 4. The summed E-state index contributed by atoms with van der Waals surface area (Å²) in [7, 11) is 0. The average molecular weight is 2060 g/mol. The minimum absolute atomic E-state index is 0.00754. The maximum Gasteiger partial charge on any atom is 0.416 e. The molecule has 7 saturated heterocycles. The number of alkyl halides is 12. The number of morpholine rings is 3. The summed E-state index contributed by atoms with van der Waals surface area (Å²) < 4.78 is 197. The SMILES string of the molecule is CC(=O)CN1CCC(Cn2ccc3c(N4CCOCC4c4ccc(C(F)(F)F)cc4)ncnc32)C(O)C1.CC(=O)CN1CCC(Cn2ccc3c(N4CCOCC4c4ccc(C(F)(F)F)cc4)ncnc32)CC1.CC(=O)CN1CCC(Cn2ccc3c(N4CCOCC4c4cccc(C(F)(F)F)c4)ncnc32)C(O)C1.CCN(Cc1ccc(C(F)(F)F)cc1F)c1ncnc2c1ccn2CC1(O)CCN(CC(C)=O)CC1O. The van der Waals surface area contributed by atoms with Gasteiger partial charge in [0, 0.05) is 121 Å². The average Bonchev–Trinajstić information content (AvgIpc) is 1.76. The van der Waals surface area contributed by atoms with Crippen LogP contribution in [0.3, 0.4) is 0 Å². The van der Waals surface area contributed by atoms with E-state index in [4.69, 9.17) is 14.2 Å². The number of benzene rings is 4. The number of piperidine rings is 4. The Balaban J connectivity index is 0.000000140. The predicted octanol–water partition coefficient (Wildman–Crippen LogP) is 13.9. The Kier molecular flexibility index (Phi) is 33.9. The fraction of sp³-hybridized carbons (Fsp3) is 0.495. The molecule has 0 saturated carbocycles. The van der Waals surface area contributed by atoms with Crippen molar-refractivity contribution in [3.05, 3.63) is 216 Å². The van der Waals surface area contributed by atoms with Gasteiger partial charge in [-0.1, -0.05) is 42.5 Å². The number of fused-ring (bicyclic) bond motifs is 4. The van der Waals surface area contributed by atoms with Crippen molar-refractivity contribution >= 4 is 90.5 Å². The van der Waals surface area contributed by atoms with Gasteiger partial charge in [0.2, 0.25) is 0 Å². The number of halogens is 13. The van der Waals surface area contributed by atoms with Crippen LogP contribution in [-0.2, 0) is 90.8 Å². The number of ether oxygens (including phenoxy) is 3. The Morgan fingerprint density at radius 3 is 1.21 bits per heavy atom. The molecule has 12 aromatic rings. The second-order valence-corrected chi connectivity index (χ2v) is 39.0. The summed E-state index contributed by atoms with van der Waals surface area (Å²) in [6.45, 7) is 20.8. The standard InChI is InChI=1S/2C26H30F3N5O3.C26H30F3N5O2.C25H29F4N5O3/c1-17(35)12-32-8-6-19(23(36)14-32)13-33-9-7-21-24(33)30-16-31-25(21)34-10-11-37-15-22(34)18-2-4-20(5-3-18)26(27,28)29;1-17(35)12-32-7-5-19(23(36)14-32)13-33-8-6-21-24(33)30-16-31-25(21)34-9-10-37-15-22(34)18-3-2-4-20(11-18)26(27,28)29;1-18(35)14-32-9-6-19(7-10-32)15-33-11-8-22-24(33)30-17-31-25(22)34-12-13-36-16-23(34)20-2-4-21(5-3-20)26(27,28)29;1-3-33(12-17-4-5-18(10-20(17)26)25(27,28)29)22-19-6-8-34(23(19)31-15-30-22)14-24(37)7-9-32(11-16(2)35)13-21(24)36/h2-5,7,9,16,19,22-23,36H,6,8,10-15H2,1H3;2-4,6,8,11,16,19,22-23,36H,5,7,9-10,12-15H2,1H3;2-5,8,11,17,19,23H,6-7,9-10,12-16H2,1H3;4-6,8,10,15,21,36-37H,3,7,9,11-14H2,1-2H3.